The molecule has 2 atom stereocenters. The van der Waals surface area contributed by atoms with E-state index in [4.69, 9.17) is 0 Å². The van der Waals surface area contributed by atoms with E-state index in [9.17, 15) is 17.2 Å². The summed E-state index contributed by atoms with van der Waals surface area (Å²) in [5, 5.41) is 0. The van der Waals surface area contributed by atoms with Crippen molar-refractivity contribution in [2.45, 2.75) is 4.58 Å². The minimum atomic E-state index is -3.70. The average molecular weight is 303 g/mol. The van der Waals surface area contributed by atoms with Crippen LogP contribution in [0.2, 0.25) is 0 Å². The van der Waals surface area contributed by atoms with Crippen LogP contribution in [-0.2, 0) is 14.3 Å². The van der Waals surface area contributed by atoms with E-state index in [0.717, 1.165) is 18.4 Å². The van der Waals surface area contributed by atoms with E-state index >= 15 is 0 Å². The molecule has 1 aliphatic rings. The van der Waals surface area contributed by atoms with Crippen LogP contribution in [0.25, 0.3) is 0 Å². The van der Waals surface area contributed by atoms with Gasteiger partial charge in [-0.2, -0.15) is 8.42 Å². The van der Waals surface area contributed by atoms with Gasteiger partial charge in [-0.15, -0.1) is 0 Å². The lowest BCUT2D eigenvalue weighted by Crippen LogP contribution is -2.31. The first-order valence-corrected chi connectivity index (χ1v) is 6.60. The minimum absolute atomic E-state index is 0.576. The molecule has 7 heteroatoms. The fourth-order valence-corrected chi connectivity index (χ4v) is 1.95. The molecule has 3 nitrogen and oxygen atoms in total. The first-order chi connectivity index (χ1) is 6.72. The molecule has 0 saturated heterocycles. The topological polar surface area (TPSA) is 43.4 Å². The van der Waals surface area contributed by atoms with Crippen molar-refractivity contribution in [2.24, 2.45) is 5.92 Å². The third-order valence-corrected chi connectivity index (χ3v) is 3.20. The lowest BCUT2D eigenvalue weighted by Gasteiger charge is -2.26. The van der Waals surface area contributed by atoms with E-state index in [1.807, 2.05) is 0 Å². The first-order valence-electron chi connectivity index (χ1n) is 3.99. The Labute approximate surface area is 95.1 Å². The molecule has 1 aliphatic carbocycles. The molecule has 15 heavy (non-hydrogen) atoms. The van der Waals surface area contributed by atoms with Crippen molar-refractivity contribution in [2.75, 3.05) is 12.9 Å². The van der Waals surface area contributed by atoms with Crippen molar-refractivity contribution in [3.8, 4) is 0 Å². The molecule has 0 N–H and O–H groups in total. The van der Waals surface area contributed by atoms with Gasteiger partial charge in [-0.1, -0.05) is 6.08 Å². The summed E-state index contributed by atoms with van der Waals surface area (Å²) >= 11 is 2.66. The first kappa shape index (κ1) is 12.8. The normalized spacial score (nSPS) is 31.5. The van der Waals surface area contributed by atoms with E-state index in [2.05, 4.69) is 20.1 Å². The molecule has 0 aromatic heterocycles. The third-order valence-electron chi connectivity index (χ3n) is 1.82. The van der Waals surface area contributed by atoms with Crippen LogP contribution in [0, 0.1) is 5.92 Å². The lowest BCUT2D eigenvalue weighted by molar-refractivity contribution is 0.172. The zero-order valence-electron chi connectivity index (χ0n) is 7.78. The fraction of sp³-hybridized carbons (Fsp3) is 0.500. The summed E-state index contributed by atoms with van der Waals surface area (Å²) in [5.41, 5.74) is 0. The summed E-state index contributed by atoms with van der Waals surface area (Å²) in [7, 11) is -3.70. The molecule has 0 radical (unpaired) electrons. The Balaban J connectivity index is 2.76. The highest BCUT2D eigenvalue weighted by Crippen LogP contribution is 2.39. The van der Waals surface area contributed by atoms with Gasteiger partial charge in [0.05, 0.1) is 18.8 Å². The number of allylic oxidation sites excluding steroid dienone is 3. The third kappa shape index (κ3) is 3.66. The molecule has 0 spiro atoms. The van der Waals surface area contributed by atoms with Gasteiger partial charge in [-0.05, 0) is 28.1 Å². The highest BCUT2D eigenvalue weighted by Gasteiger charge is 2.39. The largest absolute Gasteiger partial charge is 0.269 e. The Morgan fingerprint density at radius 1 is 1.67 bits per heavy atom. The maximum absolute atomic E-state index is 13.6. The summed E-state index contributed by atoms with van der Waals surface area (Å²) < 4.78 is 50.4. The van der Waals surface area contributed by atoms with Crippen LogP contribution < -0.4 is 0 Å². The van der Waals surface area contributed by atoms with E-state index in [0.29, 0.717) is 0 Å². The van der Waals surface area contributed by atoms with Gasteiger partial charge in [0, 0.05) is 0 Å². The van der Waals surface area contributed by atoms with Crippen LogP contribution in [-0.4, -0.2) is 25.9 Å². The van der Waals surface area contributed by atoms with Gasteiger partial charge in [0.1, 0.15) is 5.83 Å². The van der Waals surface area contributed by atoms with Crippen LogP contribution in [0.15, 0.2) is 24.1 Å². The fourth-order valence-electron chi connectivity index (χ4n) is 1.07. The second-order valence-corrected chi connectivity index (χ2v) is 5.99. The van der Waals surface area contributed by atoms with Crippen LogP contribution in [0.1, 0.15) is 0 Å². The summed E-state index contributed by atoms with van der Waals surface area (Å²) in [6, 6.07) is 0. The molecule has 0 aliphatic heterocycles. The number of rotatable bonds is 3. The molecular formula is C8H9BrF2O3S. The predicted octanol–water partition coefficient (Wildman–Crippen LogP) is 2.06. The highest BCUT2D eigenvalue weighted by molar-refractivity contribution is 9.10. The average Bonchev–Trinajstić information content (AvgIpc) is 1.99. The van der Waals surface area contributed by atoms with E-state index in [1.165, 1.54) is 6.08 Å². The van der Waals surface area contributed by atoms with Crippen LogP contribution in [0.5, 0.6) is 0 Å². The van der Waals surface area contributed by atoms with Gasteiger partial charge in [0.15, 0.2) is 4.58 Å². The highest BCUT2D eigenvalue weighted by atomic mass is 79.9. The Morgan fingerprint density at radius 3 is 2.73 bits per heavy atom. The van der Waals surface area contributed by atoms with Crippen LogP contribution in [0.4, 0.5) is 8.78 Å². The molecule has 0 bridgehead atoms. The minimum Gasteiger partial charge on any atom is -0.269 e. The standard InChI is InChI=1S/C8H9BrF2O3S/c1-15(12,13)14-5-6-7(10)3-2-4-8(6,9)11/h2-4,6H,5H2,1H3. The van der Waals surface area contributed by atoms with Gasteiger partial charge in [0.25, 0.3) is 10.1 Å². The quantitative estimate of drug-likeness (QED) is 0.592. The molecule has 1 rings (SSSR count). The predicted molar refractivity (Wildman–Crippen MR) is 55.4 cm³/mol. The van der Waals surface area contributed by atoms with Gasteiger partial charge >= 0.3 is 0 Å². The Hall–Kier alpha value is -0.270. The second kappa shape index (κ2) is 4.31. The van der Waals surface area contributed by atoms with Crippen molar-refractivity contribution in [1.29, 1.82) is 0 Å². The van der Waals surface area contributed by atoms with Crippen LogP contribution in [0.3, 0.4) is 0 Å². The Bertz CT molecular complexity index is 400. The molecule has 0 heterocycles. The van der Waals surface area contributed by atoms with E-state index in [-0.39, 0.29) is 0 Å². The molecule has 86 valence electrons. The number of hydrogen-bond donors (Lipinski definition) is 0. The number of hydrogen-bond acceptors (Lipinski definition) is 3. The van der Waals surface area contributed by atoms with Gasteiger partial charge in [0.2, 0.25) is 0 Å². The van der Waals surface area contributed by atoms with Crippen LogP contribution >= 0.6 is 15.9 Å². The molecule has 0 aromatic rings. The van der Waals surface area contributed by atoms with Crippen molar-refractivity contribution in [1.82, 2.24) is 0 Å². The van der Waals surface area contributed by atoms with Gasteiger partial charge in [-0.25, -0.2) is 8.78 Å². The van der Waals surface area contributed by atoms with Crippen molar-refractivity contribution in [3.63, 3.8) is 0 Å². The molecule has 0 amide bonds. The zero-order valence-corrected chi connectivity index (χ0v) is 10.2. The van der Waals surface area contributed by atoms with Crippen molar-refractivity contribution in [3.05, 3.63) is 24.1 Å². The smallest absolute Gasteiger partial charge is 0.264 e. The summed E-state index contributed by atoms with van der Waals surface area (Å²) in [5.74, 6) is -2.06. The van der Waals surface area contributed by atoms with E-state index < -0.39 is 33.0 Å². The summed E-state index contributed by atoms with van der Waals surface area (Å²) in [6.07, 6.45) is 4.18. The molecule has 0 saturated carbocycles. The monoisotopic (exact) mass is 302 g/mol. The molecule has 0 aromatic carbocycles. The lowest BCUT2D eigenvalue weighted by atomic mass is 9.98. The summed E-state index contributed by atoms with van der Waals surface area (Å²) in [6.45, 7) is -0.576. The molecular weight excluding hydrogens is 294 g/mol. The van der Waals surface area contributed by atoms with Crippen molar-refractivity contribution < 1.29 is 21.4 Å². The SMILES string of the molecule is CS(=O)(=O)OCC1C(F)=CC=CC1(F)Br. The van der Waals surface area contributed by atoms with Gasteiger partial charge < -0.3 is 0 Å². The van der Waals surface area contributed by atoms with Crippen molar-refractivity contribution >= 4 is 26.0 Å². The molecule has 0 fully saturated rings. The number of halogens is 3. The second-order valence-electron chi connectivity index (χ2n) is 3.13. The Kier molecular flexibility index (Phi) is 3.67. The maximum atomic E-state index is 13.6. The van der Waals surface area contributed by atoms with Gasteiger partial charge in [-0.3, -0.25) is 4.18 Å². The number of alkyl halides is 2. The van der Waals surface area contributed by atoms with E-state index in [1.54, 1.807) is 0 Å². The summed E-state index contributed by atoms with van der Waals surface area (Å²) in [4.78, 5) is 0. The molecule has 2 unspecified atom stereocenters. The zero-order chi connectivity index (χ0) is 11.7. The maximum Gasteiger partial charge on any atom is 0.264 e. The Morgan fingerprint density at radius 2 is 2.27 bits per heavy atom.